The van der Waals surface area contributed by atoms with Crippen LogP contribution in [0, 0.1) is 0 Å². The zero-order valence-corrected chi connectivity index (χ0v) is 10.3. The highest BCUT2D eigenvalue weighted by atomic mass is 16.5. The van der Waals surface area contributed by atoms with E-state index in [1.165, 1.54) is 0 Å². The molecule has 0 aliphatic carbocycles. The summed E-state index contributed by atoms with van der Waals surface area (Å²) in [4.78, 5) is 0. The molecule has 0 aliphatic heterocycles. The van der Waals surface area contributed by atoms with Gasteiger partial charge in [0.2, 0.25) is 0 Å². The first-order valence-electron chi connectivity index (χ1n) is 5.82. The van der Waals surface area contributed by atoms with Gasteiger partial charge in [-0.2, -0.15) is 0 Å². The molecule has 18 heavy (non-hydrogen) atoms. The van der Waals surface area contributed by atoms with Gasteiger partial charge in [0, 0.05) is 5.56 Å². The fourth-order valence-electron chi connectivity index (χ4n) is 1.83. The number of hydrogen-bond acceptors (Lipinski definition) is 2. The second-order valence-electron chi connectivity index (χ2n) is 4.24. The monoisotopic (exact) mass is 240 g/mol. The lowest BCUT2D eigenvalue weighted by molar-refractivity contribution is 0.138. The number of phenolic OH excluding ortho intramolecular Hbond substituents is 1. The van der Waals surface area contributed by atoms with Gasteiger partial charge in [-0.25, -0.2) is 0 Å². The number of phenols is 1. The third kappa shape index (κ3) is 2.38. The summed E-state index contributed by atoms with van der Waals surface area (Å²) in [5.74, 6) is 0.944. The van der Waals surface area contributed by atoms with Gasteiger partial charge in [0.05, 0.1) is 0 Å². The summed E-state index contributed by atoms with van der Waals surface area (Å²) in [5, 5.41) is 9.93. The molecule has 2 aromatic carbocycles. The van der Waals surface area contributed by atoms with E-state index >= 15 is 0 Å². The predicted octanol–water partition coefficient (Wildman–Crippen LogP) is 3.87. The maximum atomic E-state index is 9.93. The van der Waals surface area contributed by atoms with Gasteiger partial charge in [-0.3, -0.25) is 0 Å². The van der Waals surface area contributed by atoms with Crippen molar-refractivity contribution in [2.75, 3.05) is 0 Å². The minimum absolute atomic E-state index is 0.204. The highest BCUT2D eigenvalue weighted by molar-refractivity contribution is 5.40. The third-order valence-corrected chi connectivity index (χ3v) is 2.90. The molecule has 2 aromatic rings. The fourth-order valence-corrected chi connectivity index (χ4v) is 1.83. The van der Waals surface area contributed by atoms with Crippen LogP contribution in [0.2, 0.25) is 0 Å². The Morgan fingerprint density at radius 3 is 2.28 bits per heavy atom. The second-order valence-corrected chi connectivity index (χ2v) is 4.24. The van der Waals surface area contributed by atoms with Gasteiger partial charge in [-0.05, 0) is 31.2 Å². The van der Waals surface area contributed by atoms with E-state index in [4.69, 9.17) is 4.74 Å². The summed E-state index contributed by atoms with van der Waals surface area (Å²) < 4.78 is 5.94. The van der Waals surface area contributed by atoms with Crippen LogP contribution in [0.3, 0.4) is 0 Å². The largest absolute Gasteiger partial charge is 0.508 e. The van der Waals surface area contributed by atoms with Gasteiger partial charge in [-0.1, -0.05) is 43.0 Å². The number of aromatic hydroxyl groups is 1. The van der Waals surface area contributed by atoms with Gasteiger partial charge in [0.25, 0.3) is 0 Å². The molecule has 0 saturated carbocycles. The summed E-state index contributed by atoms with van der Waals surface area (Å²) in [6.07, 6.45) is 1.69. The molecule has 0 saturated heterocycles. The summed E-state index contributed by atoms with van der Waals surface area (Å²) in [5.41, 5.74) is -0.0592. The van der Waals surface area contributed by atoms with Crippen molar-refractivity contribution in [1.82, 2.24) is 0 Å². The van der Waals surface area contributed by atoms with E-state index in [9.17, 15) is 5.11 Å². The Morgan fingerprint density at radius 1 is 1.06 bits per heavy atom. The third-order valence-electron chi connectivity index (χ3n) is 2.90. The molecule has 0 amide bonds. The Balaban J connectivity index is 2.37. The molecule has 1 atom stereocenters. The van der Waals surface area contributed by atoms with Gasteiger partial charge < -0.3 is 9.84 Å². The van der Waals surface area contributed by atoms with Crippen LogP contribution < -0.4 is 4.74 Å². The van der Waals surface area contributed by atoms with Crippen molar-refractivity contribution in [2.45, 2.75) is 12.5 Å². The van der Waals surface area contributed by atoms with Crippen molar-refractivity contribution in [1.29, 1.82) is 0 Å². The lowest BCUT2D eigenvalue weighted by Gasteiger charge is -2.28. The molecule has 2 heteroatoms. The smallest absolute Gasteiger partial charge is 0.153 e. The SMILES string of the molecule is C=CC(C)(Oc1ccccc1)c1ccccc1O. The lowest BCUT2D eigenvalue weighted by atomic mass is 9.95. The molecule has 0 spiro atoms. The molecule has 2 rings (SSSR count). The first kappa shape index (κ1) is 12.2. The Labute approximate surface area is 107 Å². The average Bonchev–Trinajstić information content (AvgIpc) is 2.40. The summed E-state index contributed by atoms with van der Waals surface area (Å²) in [7, 11) is 0. The molecule has 2 nitrogen and oxygen atoms in total. The highest BCUT2D eigenvalue weighted by Gasteiger charge is 2.27. The molecule has 0 heterocycles. The first-order valence-corrected chi connectivity index (χ1v) is 5.82. The van der Waals surface area contributed by atoms with E-state index < -0.39 is 5.60 Å². The van der Waals surface area contributed by atoms with Crippen molar-refractivity contribution < 1.29 is 9.84 Å². The van der Waals surface area contributed by atoms with Gasteiger partial charge >= 0.3 is 0 Å². The van der Waals surface area contributed by atoms with Crippen LogP contribution in [0.25, 0.3) is 0 Å². The van der Waals surface area contributed by atoms with E-state index in [1.54, 1.807) is 18.2 Å². The van der Waals surface area contributed by atoms with Crippen molar-refractivity contribution in [3.05, 3.63) is 72.8 Å². The minimum Gasteiger partial charge on any atom is -0.508 e. The van der Waals surface area contributed by atoms with Crippen LogP contribution >= 0.6 is 0 Å². The maximum absolute atomic E-state index is 9.93. The van der Waals surface area contributed by atoms with Crippen LogP contribution in [-0.2, 0) is 5.60 Å². The van der Waals surface area contributed by atoms with E-state index in [1.807, 2.05) is 49.4 Å². The van der Waals surface area contributed by atoms with Crippen LogP contribution in [0.5, 0.6) is 11.5 Å². The van der Waals surface area contributed by atoms with Crippen LogP contribution in [0.1, 0.15) is 12.5 Å². The topological polar surface area (TPSA) is 29.5 Å². The summed E-state index contributed by atoms with van der Waals surface area (Å²) >= 11 is 0. The molecule has 0 fully saturated rings. The molecular formula is C16H16O2. The zero-order valence-electron chi connectivity index (χ0n) is 10.3. The Kier molecular flexibility index (Phi) is 3.38. The first-order chi connectivity index (χ1) is 8.65. The number of ether oxygens (including phenoxy) is 1. The zero-order chi connectivity index (χ0) is 13.0. The predicted molar refractivity (Wildman–Crippen MR) is 72.7 cm³/mol. The van der Waals surface area contributed by atoms with Crippen molar-refractivity contribution in [3.63, 3.8) is 0 Å². The fraction of sp³-hybridized carbons (Fsp3) is 0.125. The quantitative estimate of drug-likeness (QED) is 0.822. The average molecular weight is 240 g/mol. The number of hydrogen-bond donors (Lipinski definition) is 1. The molecule has 92 valence electrons. The van der Waals surface area contributed by atoms with Crippen molar-refractivity contribution in [3.8, 4) is 11.5 Å². The molecule has 0 radical (unpaired) electrons. The van der Waals surface area contributed by atoms with E-state index in [0.29, 0.717) is 5.56 Å². The molecule has 1 unspecified atom stereocenters. The van der Waals surface area contributed by atoms with Crippen LogP contribution in [-0.4, -0.2) is 5.11 Å². The molecular weight excluding hydrogens is 224 g/mol. The van der Waals surface area contributed by atoms with Crippen molar-refractivity contribution in [2.24, 2.45) is 0 Å². The van der Waals surface area contributed by atoms with Gasteiger partial charge in [0.1, 0.15) is 11.5 Å². The summed E-state index contributed by atoms with van der Waals surface area (Å²) in [6.45, 7) is 5.69. The summed E-state index contributed by atoms with van der Waals surface area (Å²) in [6, 6.07) is 16.6. The van der Waals surface area contributed by atoms with E-state index in [0.717, 1.165) is 5.75 Å². The molecule has 0 aromatic heterocycles. The Bertz CT molecular complexity index is 534. The van der Waals surface area contributed by atoms with E-state index in [2.05, 4.69) is 6.58 Å². The lowest BCUT2D eigenvalue weighted by Crippen LogP contribution is -2.26. The van der Waals surface area contributed by atoms with Crippen molar-refractivity contribution >= 4 is 0 Å². The molecule has 0 aliphatic rings. The normalized spacial score (nSPS) is 13.6. The maximum Gasteiger partial charge on any atom is 0.153 e. The standard InChI is InChI=1S/C16H16O2/c1-3-16(2,14-11-7-8-12-15(14)17)18-13-9-5-4-6-10-13/h3-12,17H,1H2,2H3. The molecule has 1 N–H and O–H groups in total. The molecule has 0 bridgehead atoms. The van der Waals surface area contributed by atoms with Gasteiger partial charge in [0.15, 0.2) is 5.60 Å². The number of benzene rings is 2. The second kappa shape index (κ2) is 4.96. The highest BCUT2D eigenvalue weighted by Crippen LogP contribution is 2.34. The Hall–Kier alpha value is -2.22. The van der Waals surface area contributed by atoms with Gasteiger partial charge in [-0.15, -0.1) is 0 Å². The minimum atomic E-state index is -0.757. The number of para-hydroxylation sites is 2. The van der Waals surface area contributed by atoms with Crippen LogP contribution in [0.4, 0.5) is 0 Å². The van der Waals surface area contributed by atoms with Crippen LogP contribution in [0.15, 0.2) is 67.3 Å². The van der Waals surface area contributed by atoms with E-state index in [-0.39, 0.29) is 5.75 Å². The Morgan fingerprint density at radius 2 is 1.67 bits per heavy atom. The number of rotatable bonds is 4.